The first-order valence-electron chi connectivity index (χ1n) is 6.34. The van der Waals surface area contributed by atoms with Crippen LogP contribution in [-0.2, 0) is 6.42 Å². The smallest absolute Gasteiger partial charge is 0.127 e. The van der Waals surface area contributed by atoms with E-state index in [1.807, 2.05) is 13.0 Å². The Hall–Kier alpha value is -1.32. The zero-order valence-electron chi connectivity index (χ0n) is 11.2. The maximum absolute atomic E-state index is 13.9. The molecule has 0 aliphatic heterocycles. The molecule has 1 unspecified atom stereocenters. The van der Waals surface area contributed by atoms with Crippen molar-refractivity contribution in [2.75, 3.05) is 0 Å². The summed E-state index contributed by atoms with van der Waals surface area (Å²) in [6.07, 6.45) is 0.556. The maximum Gasteiger partial charge on any atom is 0.127 e. The number of hydrogen-bond donors (Lipinski definition) is 1. The molecule has 0 spiro atoms. The lowest BCUT2D eigenvalue weighted by Crippen LogP contribution is -2.19. The van der Waals surface area contributed by atoms with Crippen LogP contribution in [0.3, 0.4) is 0 Å². The quantitative estimate of drug-likeness (QED) is 0.906. The molecule has 2 aromatic rings. The van der Waals surface area contributed by atoms with Crippen molar-refractivity contribution in [1.29, 1.82) is 0 Å². The predicted octanol–water partition coefficient (Wildman–Crippen LogP) is 4.18. The molecule has 0 aliphatic rings. The Morgan fingerprint density at radius 3 is 2.47 bits per heavy atom. The van der Waals surface area contributed by atoms with Gasteiger partial charge in [0.2, 0.25) is 0 Å². The van der Waals surface area contributed by atoms with Crippen molar-refractivity contribution in [3.63, 3.8) is 0 Å². The second kappa shape index (κ2) is 6.22. The van der Waals surface area contributed by atoms with Crippen LogP contribution in [0.2, 0.25) is 0 Å². The summed E-state index contributed by atoms with van der Waals surface area (Å²) in [5.41, 5.74) is 7.73. The largest absolute Gasteiger partial charge is 0.328 e. The summed E-state index contributed by atoms with van der Waals surface area (Å²) in [6.45, 7) is 3.95. The lowest BCUT2D eigenvalue weighted by Gasteiger charge is -2.12. The highest BCUT2D eigenvalue weighted by molar-refractivity contribution is 7.99. The fourth-order valence-electron chi connectivity index (χ4n) is 1.89. The Morgan fingerprint density at radius 2 is 1.84 bits per heavy atom. The minimum Gasteiger partial charge on any atom is -0.328 e. The van der Waals surface area contributed by atoms with Crippen molar-refractivity contribution >= 4 is 11.8 Å². The third kappa shape index (κ3) is 3.82. The van der Waals surface area contributed by atoms with Gasteiger partial charge in [-0.1, -0.05) is 35.5 Å². The van der Waals surface area contributed by atoms with Crippen LogP contribution in [0.5, 0.6) is 0 Å². The summed E-state index contributed by atoms with van der Waals surface area (Å²) >= 11 is 1.58. The van der Waals surface area contributed by atoms with E-state index < -0.39 is 0 Å². The topological polar surface area (TPSA) is 26.0 Å². The average Bonchev–Trinajstić information content (AvgIpc) is 2.36. The zero-order chi connectivity index (χ0) is 13.8. The Morgan fingerprint density at radius 1 is 1.16 bits per heavy atom. The highest BCUT2D eigenvalue weighted by Gasteiger charge is 2.11. The Kier molecular flexibility index (Phi) is 4.61. The van der Waals surface area contributed by atoms with Gasteiger partial charge in [0.05, 0.1) is 0 Å². The molecule has 100 valence electrons. The second-order valence-corrected chi connectivity index (χ2v) is 5.93. The highest BCUT2D eigenvalue weighted by atomic mass is 32.2. The van der Waals surface area contributed by atoms with E-state index in [4.69, 9.17) is 5.73 Å². The van der Waals surface area contributed by atoms with Crippen molar-refractivity contribution in [2.24, 2.45) is 5.73 Å². The Labute approximate surface area is 118 Å². The molecule has 0 amide bonds. The van der Waals surface area contributed by atoms with Gasteiger partial charge in [-0.15, -0.1) is 0 Å². The molecule has 3 heteroatoms. The van der Waals surface area contributed by atoms with Crippen molar-refractivity contribution in [1.82, 2.24) is 0 Å². The number of benzene rings is 2. The highest BCUT2D eigenvalue weighted by Crippen LogP contribution is 2.32. The molecule has 0 radical (unpaired) electrons. The fourth-order valence-corrected chi connectivity index (χ4v) is 2.86. The van der Waals surface area contributed by atoms with Gasteiger partial charge in [-0.3, -0.25) is 0 Å². The molecular weight excluding hydrogens is 257 g/mol. The minimum atomic E-state index is -0.172. The molecule has 2 rings (SSSR count). The summed E-state index contributed by atoms with van der Waals surface area (Å²) in [4.78, 5) is 2.06. The van der Waals surface area contributed by atoms with Crippen molar-refractivity contribution < 1.29 is 4.39 Å². The molecule has 0 bridgehead atoms. The second-order valence-electron chi connectivity index (χ2n) is 4.81. The third-order valence-electron chi connectivity index (χ3n) is 2.85. The van der Waals surface area contributed by atoms with Gasteiger partial charge in [-0.25, -0.2) is 4.39 Å². The lowest BCUT2D eigenvalue weighted by atomic mass is 10.1. The van der Waals surface area contributed by atoms with E-state index in [0.29, 0.717) is 12.0 Å². The van der Waals surface area contributed by atoms with Gasteiger partial charge < -0.3 is 5.73 Å². The summed E-state index contributed by atoms with van der Waals surface area (Å²) in [7, 11) is 0. The van der Waals surface area contributed by atoms with Crippen LogP contribution in [0.4, 0.5) is 4.39 Å². The Balaban J connectivity index is 2.29. The zero-order valence-corrected chi connectivity index (χ0v) is 12.0. The molecule has 2 N–H and O–H groups in total. The lowest BCUT2D eigenvalue weighted by molar-refractivity contribution is 0.588. The van der Waals surface area contributed by atoms with Crippen LogP contribution < -0.4 is 5.73 Å². The van der Waals surface area contributed by atoms with E-state index in [-0.39, 0.29) is 11.9 Å². The molecule has 1 nitrogen and oxygen atoms in total. The van der Waals surface area contributed by atoms with E-state index in [0.717, 1.165) is 9.79 Å². The predicted molar refractivity (Wildman–Crippen MR) is 79.1 cm³/mol. The number of halogens is 1. The molecule has 0 saturated carbocycles. The number of aryl methyl sites for hydroxylation is 1. The van der Waals surface area contributed by atoms with Crippen molar-refractivity contribution in [3.05, 3.63) is 59.4 Å². The summed E-state index contributed by atoms with van der Waals surface area (Å²) < 4.78 is 13.9. The first kappa shape index (κ1) is 14.1. The van der Waals surface area contributed by atoms with E-state index >= 15 is 0 Å². The average molecular weight is 275 g/mol. The summed E-state index contributed by atoms with van der Waals surface area (Å²) in [5, 5.41) is 0. The summed E-state index contributed by atoms with van der Waals surface area (Å²) in [6, 6.07) is 13.4. The third-order valence-corrected chi connectivity index (χ3v) is 3.96. The molecule has 1 atom stereocenters. The fraction of sp³-hybridized carbons (Fsp3) is 0.250. The standard InChI is InChI=1S/C16H18FNS/c1-11-6-8-13(9-7-11)19-16-5-3-4-15(17)14(16)10-12(2)18/h3-9,12H,10,18H2,1-2H3. The first-order valence-corrected chi connectivity index (χ1v) is 7.15. The minimum absolute atomic E-state index is 0.0470. The van der Waals surface area contributed by atoms with Crippen LogP contribution in [0.1, 0.15) is 18.1 Å². The molecule has 19 heavy (non-hydrogen) atoms. The van der Waals surface area contributed by atoms with Crippen LogP contribution >= 0.6 is 11.8 Å². The van der Waals surface area contributed by atoms with Gasteiger partial charge >= 0.3 is 0 Å². The van der Waals surface area contributed by atoms with Gasteiger partial charge in [0.1, 0.15) is 5.82 Å². The van der Waals surface area contributed by atoms with Gasteiger partial charge in [0.15, 0.2) is 0 Å². The number of rotatable bonds is 4. The first-order chi connectivity index (χ1) is 9.06. The molecule has 0 saturated heterocycles. The van der Waals surface area contributed by atoms with Gasteiger partial charge in [-0.05, 0) is 44.5 Å². The van der Waals surface area contributed by atoms with E-state index in [1.165, 1.54) is 11.6 Å². The van der Waals surface area contributed by atoms with Crippen LogP contribution in [-0.4, -0.2) is 6.04 Å². The van der Waals surface area contributed by atoms with E-state index in [9.17, 15) is 4.39 Å². The molecule has 0 aromatic heterocycles. The SMILES string of the molecule is Cc1ccc(Sc2cccc(F)c2CC(C)N)cc1. The van der Waals surface area contributed by atoms with Gasteiger partial charge in [0, 0.05) is 21.4 Å². The molecule has 2 aromatic carbocycles. The molecule has 0 heterocycles. The van der Waals surface area contributed by atoms with Crippen molar-refractivity contribution in [2.45, 2.75) is 36.1 Å². The maximum atomic E-state index is 13.9. The molecule has 0 fully saturated rings. The number of hydrogen-bond acceptors (Lipinski definition) is 2. The monoisotopic (exact) mass is 275 g/mol. The van der Waals surface area contributed by atoms with E-state index in [2.05, 4.69) is 31.2 Å². The van der Waals surface area contributed by atoms with Crippen LogP contribution in [0, 0.1) is 12.7 Å². The Bertz CT molecular complexity index is 549. The van der Waals surface area contributed by atoms with Gasteiger partial charge in [-0.2, -0.15) is 0 Å². The van der Waals surface area contributed by atoms with E-state index in [1.54, 1.807) is 17.8 Å². The van der Waals surface area contributed by atoms with Crippen LogP contribution in [0.15, 0.2) is 52.3 Å². The summed E-state index contributed by atoms with van der Waals surface area (Å²) in [5.74, 6) is -0.172. The normalized spacial score (nSPS) is 12.4. The molecule has 0 aliphatic carbocycles. The van der Waals surface area contributed by atoms with Crippen LogP contribution in [0.25, 0.3) is 0 Å². The number of nitrogens with two attached hydrogens (primary N) is 1. The van der Waals surface area contributed by atoms with Gasteiger partial charge in [0.25, 0.3) is 0 Å². The molecular formula is C16H18FNS. The van der Waals surface area contributed by atoms with Crippen molar-refractivity contribution in [3.8, 4) is 0 Å².